The number of rotatable bonds is 4. The van der Waals surface area contributed by atoms with Crippen LogP contribution < -0.4 is 15.2 Å². The molecule has 8 heteroatoms. The number of fused-ring (bicyclic) bond motifs is 2. The van der Waals surface area contributed by atoms with Crippen molar-refractivity contribution in [3.8, 4) is 11.5 Å². The maximum atomic E-state index is 12.9. The number of ether oxygens (including phenoxy) is 2. The monoisotopic (exact) mass is 406 g/mol. The van der Waals surface area contributed by atoms with Crippen LogP contribution in [0, 0.1) is 13.8 Å². The van der Waals surface area contributed by atoms with Crippen molar-refractivity contribution in [2.75, 3.05) is 6.79 Å². The van der Waals surface area contributed by atoms with Crippen molar-refractivity contribution in [3.05, 3.63) is 76.0 Å². The molecule has 0 radical (unpaired) electrons. The average Bonchev–Trinajstić information content (AvgIpc) is 3.29. The largest absolute Gasteiger partial charge is 0.454 e. The van der Waals surface area contributed by atoms with E-state index in [1.807, 2.05) is 18.2 Å². The second kappa shape index (κ2) is 6.97. The van der Waals surface area contributed by atoms with E-state index in [1.165, 1.54) is 32.0 Å². The summed E-state index contributed by atoms with van der Waals surface area (Å²) in [6.45, 7) is 4.69. The molecule has 0 unspecified atom stereocenters. The quantitative estimate of drug-likeness (QED) is 0.517. The summed E-state index contributed by atoms with van der Waals surface area (Å²) >= 11 is 1.51. The van der Waals surface area contributed by atoms with E-state index in [1.54, 1.807) is 12.4 Å². The van der Waals surface area contributed by atoms with Crippen LogP contribution in [0.1, 0.15) is 16.7 Å². The molecule has 0 bridgehead atoms. The first-order chi connectivity index (χ1) is 14.1. The molecule has 0 saturated carbocycles. The van der Waals surface area contributed by atoms with Gasteiger partial charge < -0.3 is 9.47 Å². The molecular formula is C21H18N4O3S. The molecule has 0 saturated heterocycles. The molecule has 2 aromatic carbocycles. The summed E-state index contributed by atoms with van der Waals surface area (Å²) in [7, 11) is 0. The lowest BCUT2D eigenvalue weighted by Gasteiger charge is -2.06. The summed E-state index contributed by atoms with van der Waals surface area (Å²) in [5.41, 5.74) is 3.63. The van der Waals surface area contributed by atoms with Gasteiger partial charge in [0.25, 0.3) is 0 Å². The van der Waals surface area contributed by atoms with Crippen LogP contribution in [0.4, 0.5) is 0 Å². The summed E-state index contributed by atoms with van der Waals surface area (Å²) in [5, 5.41) is 5.25. The number of aryl methyl sites for hydroxylation is 2. The van der Waals surface area contributed by atoms with E-state index in [2.05, 4.69) is 42.1 Å². The van der Waals surface area contributed by atoms with E-state index in [4.69, 9.17) is 9.47 Å². The number of aromatic nitrogens is 4. The normalized spacial score (nSPS) is 12.6. The molecule has 4 aromatic rings. The van der Waals surface area contributed by atoms with Crippen LogP contribution in [-0.4, -0.2) is 26.0 Å². The van der Waals surface area contributed by atoms with Crippen molar-refractivity contribution in [2.24, 2.45) is 0 Å². The lowest BCUT2D eigenvalue weighted by atomic mass is 10.2. The first-order valence-corrected chi connectivity index (χ1v) is 9.98. The Labute approximate surface area is 170 Å². The summed E-state index contributed by atoms with van der Waals surface area (Å²) in [6.07, 6.45) is 3.28. The van der Waals surface area contributed by atoms with E-state index in [0.29, 0.717) is 28.7 Å². The zero-order valence-electron chi connectivity index (χ0n) is 16.0. The first kappa shape index (κ1) is 17.8. The highest BCUT2D eigenvalue weighted by atomic mass is 32.2. The maximum absolute atomic E-state index is 12.9. The molecule has 2 aromatic heterocycles. The molecule has 0 aliphatic carbocycles. The molecule has 0 spiro atoms. The zero-order valence-corrected chi connectivity index (χ0v) is 16.8. The minimum Gasteiger partial charge on any atom is -0.454 e. The van der Waals surface area contributed by atoms with Crippen molar-refractivity contribution in [3.63, 3.8) is 0 Å². The molecule has 0 atom stereocenters. The number of nitrogens with zero attached hydrogens (tertiary/aromatic N) is 4. The van der Waals surface area contributed by atoms with Gasteiger partial charge in [0.15, 0.2) is 17.1 Å². The third-order valence-electron chi connectivity index (χ3n) is 4.78. The summed E-state index contributed by atoms with van der Waals surface area (Å²) < 4.78 is 13.7. The van der Waals surface area contributed by atoms with Gasteiger partial charge in [-0.1, -0.05) is 35.5 Å². The fourth-order valence-corrected chi connectivity index (χ4v) is 4.24. The molecule has 1 aliphatic heterocycles. The highest BCUT2D eigenvalue weighted by molar-refractivity contribution is 7.99. The van der Waals surface area contributed by atoms with Crippen molar-refractivity contribution < 1.29 is 9.47 Å². The molecule has 7 nitrogen and oxygen atoms in total. The predicted molar refractivity (Wildman–Crippen MR) is 109 cm³/mol. The van der Waals surface area contributed by atoms with Crippen molar-refractivity contribution in [2.45, 2.75) is 30.3 Å². The molecule has 1 aliphatic rings. The van der Waals surface area contributed by atoms with E-state index in [0.717, 1.165) is 10.5 Å². The Balaban J connectivity index is 1.51. The predicted octanol–water partition coefficient (Wildman–Crippen LogP) is 3.44. The molecule has 3 heterocycles. The Morgan fingerprint density at radius 1 is 1.10 bits per heavy atom. The molecular weight excluding hydrogens is 388 g/mol. The molecule has 29 heavy (non-hydrogen) atoms. The van der Waals surface area contributed by atoms with Crippen molar-refractivity contribution >= 4 is 17.4 Å². The van der Waals surface area contributed by atoms with Gasteiger partial charge in [-0.3, -0.25) is 0 Å². The number of hydrogen-bond donors (Lipinski definition) is 0. The number of benzene rings is 2. The van der Waals surface area contributed by atoms with Gasteiger partial charge in [0.05, 0.1) is 6.54 Å². The third-order valence-corrected chi connectivity index (χ3v) is 5.94. The van der Waals surface area contributed by atoms with Crippen LogP contribution in [0.15, 0.2) is 63.5 Å². The van der Waals surface area contributed by atoms with Crippen LogP contribution >= 0.6 is 11.8 Å². The molecule has 0 N–H and O–H groups in total. The van der Waals surface area contributed by atoms with E-state index < -0.39 is 0 Å². The average molecular weight is 406 g/mol. The van der Waals surface area contributed by atoms with Crippen LogP contribution in [0.25, 0.3) is 5.65 Å². The first-order valence-electron chi connectivity index (χ1n) is 9.16. The number of hydrogen-bond acceptors (Lipinski definition) is 6. The molecule has 5 rings (SSSR count). The van der Waals surface area contributed by atoms with Crippen molar-refractivity contribution in [1.29, 1.82) is 0 Å². The van der Waals surface area contributed by atoms with Gasteiger partial charge in [0, 0.05) is 17.3 Å². The van der Waals surface area contributed by atoms with Crippen LogP contribution in [0.2, 0.25) is 0 Å². The highest BCUT2D eigenvalue weighted by Crippen LogP contribution is 2.33. The SMILES string of the molecule is Cc1ccc(Sc2nccn3c(=O)n(Cc4ccc5c(c4)OCO5)nc23)c(C)c1. The van der Waals surface area contributed by atoms with Crippen LogP contribution in [0.3, 0.4) is 0 Å². The maximum Gasteiger partial charge on any atom is 0.350 e. The van der Waals surface area contributed by atoms with Gasteiger partial charge in [-0.25, -0.2) is 18.9 Å². The topological polar surface area (TPSA) is 70.7 Å². The minimum atomic E-state index is -0.206. The lowest BCUT2D eigenvalue weighted by Crippen LogP contribution is -2.21. The van der Waals surface area contributed by atoms with E-state index >= 15 is 0 Å². The van der Waals surface area contributed by atoms with Gasteiger partial charge in [-0.2, -0.15) is 0 Å². The van der Waals surface area contributed by atoms with Crippen molar-refractivity contribution in [1.82, 2.24) is 19.2 Å². The van der Waals surface area contributed by atoms with Gasteiger partial charge in [-0.05, 0) is 43.2 Å². The summed E-state index contributed by atoms with van der Waals surface area (Å²) in [4.78, 5) is 18.4. The Bertz CT molecular complexity index is 1300. The highest BCUT2D eigenvalue weighted by Gasteiger charge is 2.16. The third kappa shape index (κ3) is 3.25. The second-order valence-corrected chi connectivity index (χ2v) is 7.96. The second-order valence-electron chi connectivity index (χ2n) is 6.92. The van der Waals surface area contributed by atoms with Crippen LogP contribution in [0.5, 0.6) is 11.5 Å². The Morgan fingerprint density at radius 2 is 1.97 bits per heavy atom. The molecule has 0 fully saturated rings. The van der Waals surface area contributed by atoms with Gasteiger partial charge in [0.1, 0.15) is 5.03 Å². The van der Waals surface area contributed by atoms with Gasteiger partial charge in [0.2, 0.25) is 6.79 Å². The fourth-order valence-electron chi connectivity index (χ4n) is 3.33. The standard InChI is InChI=1S/C21H18N4O3S/c1-13-3-6-18(14(2)9-13)29-20-19-23-25(21(26)24(19)8-7-22-20)11-15-4-5-16-17(10-15)28-12-27-16/h3-10H,11-12H2,1-2H3. The van der Waals surface area contributed by atoms with Gasteiger partial charge in [-0.15, -0.1) is 5.10 Å². The van der Waals surface area contributed by atoms with E-state index in [9.17, 15) is 4.79 Å². The smallest absolute Gasteiger partial charge is 0.350 e. The van der Waals surface area contributed by atoms with Gasteiger partial charge >= 0.3 is 5.69 Å². The Hall–Kier alpha value is -3.26. The zero-order chi connectivity index (χ0) is 20.0. The molecule has 146 valence electrons. The van der Waals surface area contributed by atoms with Crippen LogP contribution in [-0.2, 0) is 6.54 Å². The fraction of sp³-hybridized carbons (Fsp3) is 0.190. The lowest BCUT2D eigenvalue weighted by molar-refractivity contribution is 0.174. The summed E-state index contributed by atoms with van der Waals surface area (Å²) in [5.74, 6) is 1.40. The summed E-state index contributed by atoms with van der Waals surface area (Å²) in [6, 6.07) is 11.9. The Morgan fingerprint density at radius 3 is 2.83 bits per heavy atom. The minimum absolute atomic E-state index is 0.206. The molecule has 0 amide bonds. The van der Waals surface area contributed by atoms with E-state index in [-0.39, 0.29) is 12.5 Å². The Kier molecular flexibility index (Phi) is 4.28.